The zero-order chi connectivity index (χ0) is 18.0. The Labute approximate surface area is 147 Å². The van der Waals surface area contributed by atoms with Crippen molar-refractivity contribution in [2.75, 3.05) is 12.3 Å². The predicted octanol–water partition coefficient (Wildman–Crippen LogP) is 2.82. The van der Waals surface area contributed by atoms with E-state index in [0.29, 0.717) is 12.3 Å². The second kappa shape index (κ2) is 7.00. The molecule has 2 heterocycles. The van der Waals surface area contributed by atoms with E-state index < -0.39 is 9.84 Å². The normalized spacial score (nSPS) is 17.8. The van der Waals surface area contributed by atoms with Crippen LogP contribution in [0.4, 0.5) is 0 Å². The van der Waals surface area contributed by atoms with Crippen molar-refractivity contribution in [1.29, 1.82) is 0 Å². The van der Waals surface area contributed by atoms with Gasteiger partial charge in [-0.1, -0.05) is 22.9 Å². The Morgan fingerprint density at radius 3 is 2.64 bits per heavy atom. The molecule has 0 spiro atoms. The summed E-state index contributed by atoms with van der Waals surface area (Å²) in [7, 11) is -3.46. The number of rotatable bonds is 5. The van der Waals surface area contributed by atoms with Crippen LogP contribution in [0.5, 0.6) is 0 Å². The van der Waals surface area contributed by atoms with Crippen LogP contribution < -0.4 is 0 Å². The highest BCUT2D eigenvalue weighted by atomic mass is 32.2. The molecule has 6 nitrogen and oxygen atoms in total. The molecule has 0 radical (unpaired) electrons. The minimum Gasteiger partial charge on any atom is -0.359 e. The van der Waals surface area contributed by atoms with Crippen LogP contribution in [0.3, 0.4) is 0 Å². The standard InChI is InChI=1S/C18H22N2O4S/c1-13-5-7-15(8-6-13)25(22,23)11-9-18(21)20-10-3-4-16(20)17-12-14(2)19-24-17/h5-8,12,16H,3-4,9-11H2,1-2H3/t16-/m0/s1. The Balaban J connectivity index is 1.66. The lowest BCUT2D eigenvalue weighted by atomic mass is 10.1. The summed E-state index contributed by atoms with van der Waals surface area (Å²) in [5.74, 6) is 0.324. The van der Waals surface area contributed by atoms with E-state index in [9.17, 15) is 13.2 Å². The lowest BCUT2D eigenvalue weighted by molar-refractivity contribution is -0.132. The van der Waals surface area contributed by atoms with E-state index in [1.807, 2.05) is 19.9 Å². The molecule has 1 fully saturated rings. The number of aryl methyl sites for hydroxylation is 2. The molecule has 2 aromatic rings. The van der Waals surface area contributed by atoms with Gasteiger partial charge in [0.2, 0.25) is 5.91 Å². The fraction of sp³-hybridized carbons (Fsp3) is 0.444. The Kier molecular flexibility index (Phi) is 4.94. The lowest BCUT2D eigenvalue weighted by Crippen LogP contribution is -2.31. The summed E-state index contributed by atoms with van der Waals surface area (Å²) < 4.78 is 30.1. The molecule has 1 saturated heterocycles. The van der Waals surface area contributed by atoms with Gasteiger partial charge in [-0.25, -0.2) is 8.42 Å². The van der Waals surface area contributed by atoms with Crippen LogP contribution in [0.25, 0.3) is 0 Å². The first-order chi connectivity index (χ1) is 11.9. The molecule has 0 unspecified atom stereocenters. The smallest absolute Gasteiger partial charge is 0.224 e. The summed E-state index contributed by atoms with van der Waals surface area (Å²) in [4.78, 5) is 14.5. The van der Waals surface area contributed by atoms with Gasteiger partial charge in [-0.3, -0.25) is 4.79 Å². The van der Waals surface area contributed by atoms with E-state index in [2.05, 4.69) is 5.16 Å². The average Bonchev–Trinajstić information content (AvgIpc) is 3.21. The molecular weight excluding hydrogens is 340 g/mol. The molecule has 25 heavy (non-hydrogen) atoms. The van der Waals surface area contributed by atoms with Gasteiger partial charge in [0.1, 0.15) is 0 Å². The van der Waals surface area contributed by atoms with Gasteiger partial charge in [0, 0.05) is 19.0 Å². The zero-order valence-electron chi connectivity index (χ0n) is 14.4. The Hall–Kier alpha value is -2.15. The van der Waals surface area contributed by atoms with Crippen LogP contribution in [0.2, 0.25) is 0 Å². The number of likely N-dealkylation sites (tertiary alicyclic amines) is 1. The number of nitrogens with zero attached hydrogens (tertiary/aromatic N) is 2. The molecule has 0 N–H and O–H groups in total. The van der Waals surface area contributed by atoms with Crippen LogP contribution >= 0.6 is 0 Å². The topological polar surface area (TPSA) is 80.5 Å². The van der Waals surface area contributed by atoms with E-state index in [1.165, 1.54) is 0 Å². The molecule has 1 aliphatic heterocycles. The van der Waals surface area contributed by atoms with Crippen molar-refractivity contribution in [2.24, 2.45) is 0 Å². The number of aromatic nitrogens is 1. The van der Waals surface area contributed by atoms with Crippen LogP contribution in [0, 0.1) is 13.8 Å². The van der Waals surface area contributed by atoms with Crippen LogP contribution in [0.15, 0.2) is 39.8 Å². The minimum absolute atomic E-state index is 0.0279. The van der Waals surface area contributed by atoms with Crippen LogP contribution in [-0.4, -0.2) is 36.7 Å². The van der Waals surface area contributed by atoms with Crippen LogP contribution in [0.1, 0.15) is 42.3 Å². The van der Waals surface area contributed by atoms with Crippen molar-refractivity contribution in [2.45, 2.75) is 44.0 Å². The van der Waals surface area contributed by atoms with Crippen molar-refractivity contribution < 1.29 is 17.7 Å². The number of carbonyl (C=O) groups excluding carboxylic acids is 1. The third-order valence-electron chi connectivity index (χ3n) is 4.51. The number of sulfone groups is 1. The maximum atomic E-state index is 12.6. The summed E-state index contributed by atoms with van der Waals surface area (Å²) >= 11 is 0. The van der Waals surface area contributed by atoms with Crippen molar-refractivity contribution >= 4 is 15.7 Å². The molecule has 1 amide bonds. The van der Waals surface area contributed by atoms with E-state index in [0.717, 1.165) is 24.1 Å². The van der Waals surface area contributed by atoms with Crippen molar-refractivity contribution in [1.82, 2.24) is 10.1 Å². The van der Waals surface area contributed by atoms with Crippen molar-refractivity contribution in [3.8, 4) is 0 Å². The van der Waals surface area contributed by atoms with Crippen molar-refractivity contribution in [3.63, 3.8) is 0 Å². The molecule has 1 aliphatic rings. The molecular formula is C18H22N2O4S. The molecule has 1 aromatic heterocycles. The molecule has 3 rings (SSSR count). The minimum atomic E-state index is -3.46. The molecule has 1 aromatic carbocycles. The lowest BCUT2D eigenvalue weighted by Gasteiger charge is -2.22. The summed E-state index contributed by atoms with van der Waals surface area (Å²) in [5, 5.41) is 3.88. The zero-order valence-corrected chi connectivity index (χ0v) is 15.3. The van der Waals surface area contributed by atoms with Gasteiger partial charge >= 0.3 is 0 Å². The molecule has 1 atom stereocenters. The predicted molar refractivity (Wildman–Crippen MR) is 92.8 cm³/mol. The Morgan fingerprint density at radius 1 is 1.28 bits per heavy atom. The first kappa shape index (κ1) is 17.7. The quantitative estimate of drug-likeness (QED) is 0.817. The Morgan fingerprint density at radius 2 is 2.00 bits per heavy atom. The summed E-state index contributed by atoms with van der Waals surface area (Å²) in [6.07, 6.45) is 1.66. The summed E-state index contributed by atoms with van der Waals surface area (Å²) in [6.45, 7) is 4.36. The molecule has 134 valence electrons. The number of benzene rings is 1. The third kappa shape index (κ3) is 3.92. The van der Waals surface area contributed by atoms with Gasteiger partial charge in [-0.2, -0.15) is 0 Å². The first-order valence-electron chi connectivity index (χ1n) is 8.39. The third-order valence-corrected chi connectivity index (χ3v) is 6.24. The average molecular weight is 362 g/mol. The van der Waals surface area contributed by atoms with Gasteiger partial charge in [-0.05, 0) is 38.8 Å². The van der Waals surface area contributed by atoms with Crippen LogP contribution in [-0.2, 0) is 14.6 Å². The van der Waals surface area contributed by atoms with Gasteiger partial charge in [0.25, 0.3) is 0 Å². The highest BCUT2D eigenvalue weighted by molar-refractivity contribution is 7.91. The SMILES string of the molecule is Cc1ccc(S(=O)(=O)CCC(=O)N2CCC[C@H]2c2cc(C)no2)cc1. The first-order valence-corrected chi connectivity index (χ1v) is 10.0. The number of amides is 1. The summed E-state index contributed by atoms with van der Waals surface area (Å²) in [5.41, 5.74) is 1.77. The molecule has 0 bridgehead atoms. The fourth-order valence-corrected chi connectivity index (χ4v) is 4.36. The molecule has 0 aliphatic carbocycles. The number of hydrogen-bond acceptors (Lipinski definition) is 5. The molecule has 0 saturated carbocycles. The second-order valence-electron chi connectivity index (χ2n) is 6.50. The highest BCUT2D eigenvalue weighted by Gasteiger charge is 2.33. The van der Waals surface area contributed by atoms with Gasteiger partial charge in [0.15, 0.2) is 15.6 Å². The summed E-state index contributed by atoms with van der Waals surface area (Å²) in [6, 6.07) is 8.39. The van der Waals surface area contributed by atoms with Gasteiger partial charge in [0.05, 0.1) is 22.4 Å². The largest absolute Gasteiger partial charge is 0.359 e. The van der Waals surface area contributed by atoms with E-state index in [1.54, 1.807) is 29.2 Å². The van der Waals surface area contributed by atoms with Gasteiger partial charge < -0.3 is 9.42 Å². The van der Waals surface area contributed by atoms with Crippen molar-refractivity contribution in [3.05, 3.63) is 47.3 Å². The number of carbonyl (C=O) groups is 1. The monoisotopic (exact) mass is 362 g/mol. The maximum Gasteiger partial charge on any atom is 0.224 e. The fourth-order valence-electron chi connectivity index (χ4n) is 3.13. The van der Waals surface area contributed by atoms with Gasteiger partial charge in [-0.15, -0.1) is 0 Å². The highest BCUT2D eigenvalue weighted by Crippen LogP contribution is 2.32. The maximum absolute atomic E-state index is 12.6. The second-order valence-corrected chi connectivity index (χ2v) is 8.61. The van der Waals surface area contributed by atoms with E-state index in [4.69, 9.17) is 4.52 Å². The Bertz CT molecular complexity index is 855. The van der Waals surface area contributed by atoms with E-state index in [-0.39, 0.29) is 29.0 Å². The molecule has 7 heteroatoms. The number of hydrogen-bond donors (Lipinski definition) is 0. The van der Waals surface area contributed by atoms with E-state index >= 15 is 0 Å².